The van der Waals surface area contributed by atoms with Gasteiger partial charge in [-0.15, -0.1) is 0 Å². The average Bonchev–Trinajstić information content (AvgIpc) is 3.03. The van der Waals surface area contributed by atoms with Crippen molar-refractivity contribution in [3.63, 3.8) is 0 Å². The fraction of sp³-hybridized carbons (Fsp3) is 0.167. The Labute approximate surface area is 238 Å². The van der Waals surface area contributed by atoms with Gasteiger partial charge >= 0.3 is 7.60 Å². The minimum Gasteiger partial charge on any atom is -0.308 e. The van der Waals surface area contributed by atoms with Gasteiger partial charge in [-0.2, -0.15) is 0 Å². The standard InChI is InChI=1S/C36H35O3P/c37-40(27-26-30-16-6-1-7-17-30,38-28-35(31-18-8-2-9-19-31)32-20-10-3-11-21-32)39-29-36(33-22-12-4-13-23-33)34-24-14-5-15-25-34/h1-25,35-36H,26-29H2. The first-order chi connectivity index (χ1) is 19.7. The summed E-state index contributed by atoms with van der Waals surface area (Å²) in [6.07, 6.45) is 0.921. The molecule has 0 saturated carbocycles. The fourth-order valence-electron chi connectivity index (χ4n) is 4.96. The van der Waals surface area contributed by atoms with Crippen LogP contribution in [0, 0.1) is 0 Å². The molecule has 0 aliphatic heterocycles. The van der Waals surface area contributed by atoms with Crippen LogP contribution in [0.2, 0.25) is 0 Å². The summed E-state index contributed by atoms with van der Waals surface area (Å²) in [5.74, 6) is -0.120. The zero-order chi connectivity index (χ0) is 27.5. The molecule has 0 unspecified atom stereocenters. The number of hydrogen-bond donors (Lipinski definition) is 0. The van der Waals surface area contributed by atoms with Crippen LogP contribution in [-0.4, -0.2) is 19.4 Å². The number of hydrogen-bond acceptors (Lipinski definition) is 3. The van der Waals surface area contributed by atoms with Crippen LogP contribution in [0.15, 0.2) is 152 Å². The summed E-state index contributed by atoms with van der Waals surface area (Å²) in [7, 11) is -3.47. The van der Waals surface area contributed by atoms with E-state index in [0.29, 0.717) is 12.6 Å². The van der Waals surface area contributed by atoms with Gasteiger partial charge in [0.15, 0.2) is 0 Å². The van der Waals surface area contributed by atoms with Crippen molar-refractivity contribution in [1.82, 2.24) is 0 Å². The summed E-state index contributed by atoms with van der Waals surface area (Å²) in [5, 5.41) is 0. The van der Waals surface area contributed by atoms with Gasteiger partial charge in [-0.05, 0) is 34.2 Å². The Morgan fingerprint density at radius 3 is 1.07 bits per heavy atom. The fourth-order valence-corrected chi connectivity index (χ4v) is 6.58. The van der Waals surface area contributed by atoms with E-state index in [-0.39, 0.29) is 25.0 Å². The summed E-state index contributed by atoms with van der Waals surface area (Å²) < 4.78 is 27.2. The molecule has 202 valence electrons. The van der Waals surface area contributed by atoms with Crippen LogP contribution in [0.3, 0.4) is 0 Å². The molecule has 0 aliphatic rings. The summed E-state index contributed by atoms with van der Waals surface area (Å²) in [4.78, 5) is 0. The number of benzene rings is 5. The van der Waals surface area contributed by atoms with E-state index in [1.165, 1.54) is 0 Å². The maximum atomic E-state index is 14.5. The van der Waals surface area contributed by atoms with Crippen LogP contribution in [-0.2, 0) is 20.0 Å². The largest absolute Gasteiger partial charge is 0.331 e. The van der Waals surface area contributed by atoms with Gasteiger partial charge < -0.3 is 9.05 Å². The molecule has 0 bridgehead atoms. The summed E-state index contributed by atoms with van der Waals surface area (Å²) in [6, 6.07) is 51.1. The molecule has 0 heterocycles. The number of rotatable bonds is 13. The molecule has 0 saturated heterocycles. The van der Waals surface area contributed by atoms with Crippen LogP contribution < -0.4 is 0 Å². The van der Waals surface area contributed by atoms with E-state index in [4.69, 9.17) is 9.05 Å². The molecule has 0 radical (unpaired) electrons. The Morgan fingerprint density at radius 2 is 0.750 bits per heavy atom. The van der Waals surface area contributed by atoms with Gasteiger partial charge in [-0.25, -0.2) is 0 Å². The molecule has 0 spiro atoms. The molecule has 5 aromatic rings. The average molecular weight is 547 g/mol. The van der Waals surface area contributed by atoms with Crippen molar-refractivity contribution in [2.24, 2.45) is 0 Å². The second-order valence-corrected chi connectivity index (χ2v) is 12.1. The highest BCUT2D eigenvalue weighted by molar-refractivity contribution is 7.53. The van der Waals surface area contributed by atoms with E-state index in [1.807, 2.05) is 91.0 Å². The van der Waals surface area contributed by atoms with Crippen molar-refractivity contribution in [3.05, 3.63) is 179 Å². The van der Waals surface area contributed by atoms with Crippen LogP contribution in [0.5, 0.6) is 0 Å². The van der Waals surface area contributed by atoms with E-state index in [0.717, 1.165) is 27.8 Å². The van der Waals surface area contributed by atoms with Crippen molar-refractivity contribution in [1.29, 1.82) is 0 Å². The third-order valence-corrected chi connectivity index (χ3v) is 9.06. The lowest BCUT2D eigenvalue weighted by atomic mass is 9.92. The highest BCUT2D eigenvalue weighted by Gasteiger charge is 2.29. The summed E-state index contributed by atoms with van der Waals surface area (Å²) >= 11 is 0. The zero-order valence-corrected chi connectivity index (χ0v) is 23.5. The van der Waals surface area contributed by atoms with E-state index in [9.17, 15) is 4.57 Å². The molecule has 3 nitrogen and oxygen atoms in total. The van der Waals surface area contributed by atoms with Crippen LogP contribution in [0.1, 0.15) is 39.7 Å². The van der Waals surface area contributed by atoms with Gasteiger partial charge in [0.1, 0.15) is 0 Å². The Morgan fingerprint density at radius 1 is 0.450 bits per heavy atom. The monoisotopic (exact) mass is 546 g/mol. The van der Waals surface area contributed by atoms with Gasteiger partial charge in [0.2, 0.25) is 0 Å². The Bertz CT molecular complexity index is 1290. The Balaban J connectivity index is 1.40. The maximum absolute atomic E-state index is 14.5. The minimum absolute atomic E-state index is 0.0601. The van der Waals surface area contributed by atoms with E-state index < -0.39 is 7.60 Å². The van der Waals surface area contributed by atoms with Crippen molar-refractivity contribution < 1.29 is 13.6 Å². The SMILES string of the molecule is O=P(CCc1ccccc1)(OCC(c1ccccc1)c1ccccc1)OCC(c1ccccc1)c1ccccc1. The molecule has 0 fully saturated rings. The second-order valence-electron chi connectivity index (χ2n) is 9.91. The quantitative estimate of drug-likeness (QED) is 0.138. The predicted molar refractivity (Wildman–Crippen MR) is 164 cm³/mol. The zero-order valence-electron chi connectivity index (χ0n) is 22.6. The summed E-state index contributed by atoms with van der Waals surface area (Å²) in [5.41, 5.74) is 5.59. The molecule has 40 heavy (non-hydrogen) atoms. The third kappa shape index (κ3) is 7.67. The topological polar surface area (TPSA) is 35.5 Å². The van der Waals surface area contributed by atoms with Crippen molar-refractivity contribution >= 4 is 7.60 Å². The first-order valence-corrected chi connectivity index (χ1v) is 15.5. The van der Waals surface area contributed by atoms with Gasteiger partial charge in [0.25, 0.3) is 0 Å². The molecule has 5 aromatic carbocycles. The predicted octanol–water partition coefficient (Wildman–Crippen LogP) is 9.12. The van der Waals surface area contributed by atoms with Crippen LogP contribution in [0.25, 0.3) is 0 Å². The first-order valence-electron chi connectivity index (χ1n) is 13.8. The molecule has 0 atom stereocenters. The highest BCUT2D eigenvalue weighted by atomic mass is 31.2. The lowest BCUT2D eigenvalue weighted by molar-refractivity contribution is 0.195. The van der Waals surface area contributed by atoms with Crippen molar-refractivity contribution in [2.75, 3.05) is 19.4 Å². The van der Waals surface area contributed by atoms with Gasteiger partial charge in [-0.3, -0.25) is 4.57 Å². The molecule has 4 heteroatoms. The molecule has 0 aliphatic carbocycles. The van der Waals surface area contributed by atoms with E-state index in [1.54, 1.807) is 0 Å². The summed E-state index contributed by atoms with van der Waals surface area (Å²) in [6.45, 7) is 0.531. The lowest BCUT2D eigenvalue weighted by Crippen LogP contribution is -2.14. The van der Waals surface area contributed by atoms with Gasteiger partial charge in [-0.1, -0.05) is 152 Å². The number of aryl methyl sites for hydroxylation is 1. The van der Waals surface area contributed by atoms with Gasteiger partial charge in [0, 0.05) is 11.8 Å². The smallest absolute Gasteiger partial charge is 0.308 e. The minimum atomic E-state index is -3.47. The highest BCUT2D eigenvalue weighted by Crippen LogP contribution is 2.51. The molecule has 5 rings (SSSR count). The van der Waals surface area contributed by atoms with E-state index in [2.05, 4.69) is 60.7 Å². The molecular weight excluding hydrogens is 511 g/mol. The van der Waals surface area contributed by atoms with Crippen LogP contribution in [0.4, 0.5) is 0 Å². The normalized spacial score (nSPS) is 11.7. The Hall–Kier alpha value is -3.75. The maximum Gasteiger partial charge on any atom is 0.331 e. The van der Waals surface area contributed by atoms with Crippen LogP contribution >= 0.6 is 7.60 Å². The molecule has 0 N–H and O–H groups in total. The third-order valence-electron chi connectivity index (χ3n) is 7.20. The van der Waals surface area contributed by atoms with Crippen molar-refractivity contribution in [2.45, 2.75) is 18.3 Å². The lowest BCUT2D eigenvalue weighted by Gasteiger charge is -2.26. The first kappa shape index (κ1) is 27.8. The molecular formula is C36H35O3P. The van der Waals surface area contributed by atoms with Crippen molar-refractivity contribution in [3.8, 4) is 0 Å². The Kier molecular flexibility index (Phi) is 9.77. The molecule has 0 aromatic heterocycles. The second kappa shape index (κ2) is 14.1. The van der Waals surface area contributed by atoms with Gasteiger partial charge in [0.05, 0.1) is 19.4 Å². The molecule has 0 amide bonds. The van der Waals surface area contributed by atoms with E-state index >= 15 is 0 Å².